The molecule has 2 aromatic heterocycles. The Labute approximate surface area is 273 Å². The molecule has 228 valence electrons. The molecule has 44 heavy (non-hydrogen) atoms. The van der Waals surface area contributed by atoms with Gasteiger partial charge in [0.15, 0.2) is 5.78 Å². The van der Waals surface area contributed by atoms with Crippen LogP contribution in [-0.4, -0.2) is 64.8 Å². The van der Waals surface area contributed by atoms with Gasteiger partial charge in [-0.1, -0.05) is 58.5 Å². The lowest BCUT2D eigenvalue weighted by atomic mass is 10.0. The van der Waals surface area contributed by atoms with Gasteiger partial charge in [-0.2, -0.15) is 5.10 Å². The molecule has 3 atom stereocenters. The molecule has 1 fully saturated rings. The number of fused-ring (bicyclic) bond motifs is 1. The molecule has 1 saturated heterocycles. The summed E-state index contributed by atoms with van der Waals surface area (Å²) in [5, 5.41) is 8.19. The fourth-order valence-electron chi connectivity index (χ4n) is 5.43. The summed E-state index contributed by atoms with van der Waals surface area (Å²) in [5.74, 6) is -0.865. The summed E-state index contributed by atoms with van der Waals surface area (Å²) in [4.78, 5) is 49.7. The number of nitrogens with one attached hydrogen (secondary N) is 1. The number of rotatable bonds is 8. The lowest BCUT2D eigenvalue weighted by Gasteiger charge is -2.28. The highest BCUT2D eigenvalue weighted by Gasteiger charge is 2.43. The van der Waals surface area contributed by atoms with Crippen LogP contribution < -0.4 is 5.32 Å². The number of hydrogen-bond acceptors (Lipinski definition) is 6. The third-order valence-corrected chi connectivity index (χ3v) is 9.80. The SMILES string of the molecule is CC(=O)c1nn(CC(=O)N2[C@H](C)[C@H](I)C[C@H]2C(=O)NC/C(F)=C(\C)c2ccccc2Cl)c2ccc(-c3cnc(C)nc3)cc12. The summed E-state index contributed by atoms with van der Waals surface area (Å²) < 4.78 is 16.6. The molecule has 1 aliphatic rings. The van der Waals surface area contributed by atoms with E-state index in [0.29, 0.717) is 39.3 Å². The quantitative estimate of drug-likeness (QED) is 0.136. The Morgan fingerprint density at radius 2 is 1.80 bits per heavy atom. The van der Waals surface area contributed by atoms with Gasteiger partial charge in [-0.25, -0.2) is 14.4 Å². The monoisotopic (exact) mass is 728 g/mol. The zero-order valence-corrected chi connectivity index (χ0v) is 27.6. The average Bonchev–Trinajstić information content (AvgIpc) is 3.52. The first kappa shape index (κ1) is 31.7. The molecule has 2 amide bonds. The molecule has 4 aromatic rings. The fraction of sp³-hybridized carbons (Fsp3) is 0.312. The number of carbonyl (C=O) groups is 3. The first-order valence-corrected chi connectivity index (χ1v) is 15.7. The second kappa shape index (κ2) is 13.1. The molecule has 12 heteroatoms. The van der Waals surface area contributed by atoms with Gasteiger partial charge in [0.25, 0.3) is 0 Å². The van der Waals surface area contributed by atoms with Crippen molar-refractivity contribution < 1.29 is 18.8 Å². The van der Waals surface area contributed by atoms with Crippen molar-refractivity contribution in [2.75, 3.05) is 6.54 Å². The second-order valence-corrected chi connectivity index (χ2v) is 12.9. The standard InChI is InChI=1S/C32H31ClFIN6O3/c1-17(23-7-5-6-8-25(23)33)26(34)15-38-32(44)29-12-27(35)18(2)41(29)30(43)16-40-28-10-9-21(22-13-36-20(4)37-14-22)11-24(28)31(39-40)19(3)42/h5-11,13-14,18,27,29H,12,15-16H2,1-4H3,(H,38,44)/b26-17-/t18-,27-,29+/m1/s1. The van der Waals surface area contributed by atoms with Crippen molar-refractivity contribution in [3.63, 3.8) is 0 Å². The van der Waals surface area contributed by atoms with Gasteiger partial charge in [-0.15, -0.1) is 0 Å². The molecule has 9 nitrogen and oxygen atoms in total. The third-order valence-electron chi connectivity index (χ3n) is 7.92. The van der Waals surface area contributed by atoms with Crippen LogP contribution in [0.15, 0.2) is 60.7 Å². The lowest BCUT2D eigenvalue weighted by molar-refractivity contribution is -0.140. The maximum atomic E-state index is 15.1. The van der Waals surface area contributed by atoms with Gasteiger partial charge in [-0.05, 0) is 62.1 Å². The van der Waals surface area contributed by atoms with E-state index in [2.05, 4.69) is 43.0 Å². The Balaban J connectivity index is 1.37. The number of aryl methyl sites for hydroxylation is 1. The number of halogens is 3. The number of likely N-dealkylation sites (tertiary alicyclic amines) is 1. The number of benzene rings is 2. The number of amides is 2. The predicted octanol–water partition coefficient (Wildman–Crippen LogP) is 5.97. The second-order valence-electron chi connectivity index (χ2n) is 10.8. The van der Waals surface area contributed by atoms with Gasteiger partial charge >= 0.3 is 0 Å². The van der Waals surface area contributed by atoms with E-state index in [-0.39, 0.29) is 40.4 Å². The van der Waals surface area contributed by atoms with E-state index in [4.69, 9.17) is 11.6 Å². The lowest BCUT2D eigenvalue weighted by Crippen LogP contribution is -2.49. The molecule has 1 aliphatic heterocycles. The zero-order chi connectivity index (χ0) is 31.7. The number of alkyl halides is 1. The minimum Gasteiger partial charge on any atom is -0.348 e. The molecule has 0 spiro atoms. The van der Waals surface area contributed by atoms with Gasteiger partial charge in [0.2, 0.25) is 11.8 Å². The van der Waals surface area contributed by atoms with Crippen molar-refractivity contribution in [3.05, 3.63) is 82.8 Å². The molecule has 5 rings (SSSR count). The van der Waals surface area contributed by atoms with Crippen LogP contribution in [0.4, 0.5) is 4.39 Å². The summed E-state index contributed by atoms with van der Waals surface area (Å²) in [6, 6.07) is 11.4. The van der Waals surface area contributed by atoms with E-state index in [1.807, 2.05) is 25.1 Å². The first-order valence-electron chi connectivity index (χ1n) is 14.1. The smallest absolute Gasteiger partial charge is 0.245 e. The summed E-state index contributed by atoms with van der Waals surface area (Å²) in [6.07, 6.45) is 3.85. The fourth-order valence-corrected chi connectivity index (χ4v) is 6.54. The summed E-state index contributed by atoms with van der Waals surface area (Å²) in [6.45, 7) is 6.24. The van der Waals surface area contributed by atoms with Crippen LogP contribution in [0.25, 0.3) is 27.6 Å². The van der Waals surface area contributed by atoms with Crippen molar-refractivity contribution in [2.45, 2.75) is 56.7 Å². The van der Waals surface area contributed by atoms with Crippen molar-refractivity contribution in [3.8, 4) is 11.1 Å². The normalized spacial score (nSPS) is 18.8. The highest BCUT2D eigenvalue weighted by molar-refractivity contribution is 14.1. The highest BCUT2D eigenvalue weighted by Crippen LogP contribution is 2.32. The maximum absolute atomic E-state index is 15.1. The highest BCUT2D eigenvalue weighted by atomic mass is 127. The minimum absolute atomic E-state index is 0.0129. The Kier molecular flexibility index (Phi) is 9.45. The number of carbonyl (C=O) groups excluding carboxylic acids is 3. The topological polar surface area (TPSA) is 110 Å². The molecule has 0 unspecified atom stereocenters. The van der Waals surface area contributed by atoms with Crippen molar-refractivity contribution in [2.24, 2.45) is 0 Å². The van der Waals surface area contributed by atoms with Gasteiger partial charge in [0.1, 0.15) is 29.9 Å². The van der Waals surface area contributed by atoms with Crippen molar-refractivity contribution in [1.29, 1.82) is 0 Å². The van der Waals surface area contributed by atoms with Crippen LogP contribution in [0.1, 0.15) is 49.1 Å². The van der Waals surface area contributed by atoms with Gasteiger partial charge in [0.05, 0.1) is 12.1 Å². The summed E-state index contributed by atoms with van der Waals surface area (Å²) >= 11 is 8.45. The summed E-state index contributed by atoms with van der Waals surface area (Å²) in [5.41, 5.74) is 3.35. The number of ketones is 1. The van der Waals surface area contributed by atoms with E-state index in [9.17, 15) is 14.4 Å². The van der Waals surface area contributed by atoms with Gasteiger partial charge < -0.3 is 10.2 Å². The minimum atomic E-state index is -0.782. The predicted molar refractivity (Wildman–Crippen MR) is 176 cm³/mol. The van der Waals surface area contributed by atoms with Crippen LogP contribution in [0.3, 0.4) is 0 Å². The molecule has 2 aromatic carbocycles. The van der Waals surface area contributed by atoms with Crippen molar-refractivity contribution in [1.82, 2.24) is 30.0 Å². The Bertz CT molecular complexity index is 1790. The van der Waals surface area contributed by atoms with E-state index < -0.39 is 17.8 Å². The molecule has 0 aliphatic carbocycles. The van der Waals surface area contributed by atoms with Gasteiger partial charge in [-0.3, -0.25) is 19.1 Å². The molecular weight excluding hydrogens is 698 g/mol. The number of aromatic nitrogens is 4. The first-order chi connectivity index (χ1) is 21.0. The molecule has 3 heterocycles. The van der Waals surface area contributed by atoms with Crippen LogP contribution in [0.5, 0.6) is 0 Å². The molecule has 0 saturated carbocycles. The number of nitrogens with zero attached hydrogens (tertiary/aromatic N) is 5. The number of allylic oxidation sites excluding steroid dienone is 1. The van der Waals surface area contributed by atoms with Crippen LogP contribution in [0.2, 0.25) is 5.02 Å². The zero-order valence-electron chi connectivity index (χ0n) is 24.6. The number of Topliss-reactive ketones (excluding diaryl/α,β-unsaturated/α-hetero) is 1. The van der Waals surface area contributed by atoms with E-state index >= 15 is 4.39 Å². The van der Waals surface area contributed by atoms with E-state index in [0.717, 1.165) is 11.1 Å². The van der Waals surface area contributed by atoms with Crippen LogP contribution in [0, 0.1) is 6.92 Å². The van der Waals surface area contributed by atoms with E-state index in [1.54, 1.807) is 55.4 Å². The Morgan fingerprint density at radius 1 is 1.09 bits per heavy atom. The van der Waals surface area contributed by atoms with E-state index in [1.165, 1.54) is 11.6 Å². The van der Waals surface area contributed by atoms with Crippen LogP contribution >= 0.6 is 34.2 Å². The number of hydrogen-bond donors (Lipinski definition) is 1. The largest absolute Gasteiger partial charge is 0.348 e. The maximum Gasteiger partial charge on any atom is 0.245 e. The molecule has 0 bridgehead atoms. The Hall–Kier alpha value is -3.71. The Morgan fingerprint density at radius 3 is 2.48 bits per heavy atom. The summed E-state index contributed by atoms with van der Waals surface area (Å²) in [7, 11) is 0. The van der Waals surface area contributed by atoms with Crippen molar-refractivity contribution >= 4 is 68.3 Å². The molecular formula is C32H31ClFIN6O3. The molecule has 1 N–H and O–H groups in total. The average molecular weight is 729 g/mol. The van der Waals surface area contributed by atoms with Crippen LogP contribution in [-0.2, 0) is 16.1 Å². The van der Waals surface area contributed by atoms with Gasteiger partial charge in [0, 0.05) is 45.3 Å². The molecule has 0 radical (unpaired) electrons. The third kappa shape index (κ3) is 6.39.